The third-order valence-electron chi connectivity index (χ3n) is 2.13. The summed E-state index contributed by atoms with van der Waals surface area (Å²) in [6, 6.07) is 11.0. The Morgan fingerprint density at radius 3 is 2.82 bits per heavy atom. The van der Waals surface area contributed by atoms with Gasteiger partial charge in [-0.05, 0) is 31.2 Å². The first-order valence-corrected chi connectivity index (χ1v) is 5.00. The fourth-order valence-electron chi connectivity index (χ4n) is 1.34. The topological polar surface area (TPSA) is 45.9 Å². The van der Waals surface area contributed by atoms with Gasteiger partial charge in [-0.2, -0.15) is 5.26 Å². The van der Waals surface area contributed by atoms with Crippen LogP contribution in [-0.4, -0.2) is 4.98 Å². The zero-order valence-electron chi connectivity index (χ0n) is 9.14. The monoisotopic (exact) mass is 228 g/mol. The summed E-state index contributed by atoms with van der Waals surface area (Å²) in [5, 5.41) is 8.90. The Labute approximate surface area is 98.1 Å². The third kappa shape index (κ3) is 2.58. The second-order valence-corrected chi connectivity index (χ2v) is 3.48. The van der Waals surface area contributed by atoms with Gasteiger partial charge in [-0.15, -0.1) is 0 Å². The molecular weight excluding hydrogens is 219 g/mol. The van der Waals surface area contributed by atoms with Gasteiger partial charge in [0.25, 0.3) is 0 Å². The lowest BCUT2D eigenvalue weighted by Gasteiger charge is -2.06. The van der Waals surface area contributed by atoms with Crippen LogP contribution in [0.25, 0.3) is 0 Å². The number of hydrogen-bond acceptors (Lipinski definition) is 3. The second kappa shape index (κ2) is 4.62. The lowest BCUT2D eigenvalue weighted by atomic mass is 10.2. The smallest absolute Gasteiger partial charge is 0.237 e. The molecule has 3 nitrogen and oxygen atoms in total. The van der Waals surface area contributed by atoms with Crippen LogP contribution < -0.4 is 4.74 Å². The molecule has 0 amide bonds. The van der Waals surface area contributed by atoms with E-state index in [1.54, 1.807) is 25.1 Å². The molecule has 0 bridgehead atoms. The molecule has 0 spiro atoms. The number of halogens is 1. The van der Waals surface area contributed by atoms with E-state index in [2.05, 4.69) is 4.98 Å². The molecule has 1 aromatic heterocycles. The first-order chi connectivity index (χ1) is 8.19. The number of benzene rings is 1. The number of rotatable bonds is 2. The van der Waals surface area contributed by atoms with Crippen molar-refractivity contribution in [3.05, 3.63) is 53.5 Å². The van der Waals surface area contributed by atoms with Crippen molar-refractivity contribution >= 4 is 0 Å². The lowest BCUT2D eigenvalue weighted by molar-refractivity contribution is 0.455. The van der Waals surface area contributed by atoms with Gasteiger partial charge in [0.15, 0.2) is 0 Å². The molecule has 17 heavy (non-hydrogen) atoms. The molecule has 2 aromatic rings. The van der Waals surface area contributed by atoms with Crippen molar-refractivity contribution in [3.8, 4) is 17.7 Å². The quantitative estimate of drug-likeness (QED) is 0.792. The van der Waals surface area contributed by atoms with Gasteiger partial charge in [-0.1, -0.05) is 6.07 Å². The van der Waals surface area contributed by atoms with Crippen LogP contribution in [0.5, 0.6) is 11.6 Å². The Kier molecular flexibility index (Phi) is 3.01. The van der Waals surface area contributed by atoms with Gasteiger partial charge >= 0.3 is 0 Å². The lowest BCUT2D eigenvalue weighted by Crippen LogP contribution is -1.94. The summed E-state index contributed by atoms with van der Waals surface area (Å²) in [4.78, 5) is 4.10. The molecule has 1 aromatic carbocycles. The highest BCUT2D eigenvalue weighted by Gasteiger charge is 2.07. The first-order valence-electron chi connectivity index (χ1n) is 5.00. The molecule has 0 atom stereocenters. The van der Waals surface area contributed by atoms with Crippen LogP contribution in [0.1, 0.15) is 11.3 Å². The van der Waals surface area contributed by atoms with Gasteiger partial charge in [0.2, 0.25) is 5.88 Å². The standard InChI is InChI=1S/C13H9FN2O/c1-9-5-6-10(8-15)13(16-9)17-12-4-2-3-11(14)7-12/h2-7H,1H3. The van der Waals surface area contributed by atoms with E-state index >= 15 is 0 Å². The summed E-state index contributed by atoms with van der Waals surface area (Å²) in [5.41, 5.74) is 1.05. The SMILES string of the molecule is Cc1ccc(C#N)c(Oc2cccc(F)c2)n1. The van der Waals surface area contributed by atoms with Gasteiger partial charge < -0.3 is 4.74 Å². The Morgan fingerprint density at radius 1 is 1.29 bits per heavy atom. The van der Waals surface area contributed by atoms with Crippen LogP contribution in [0, 0.1) is 24.1 Å². The highest BCUT2D eigenvalue weighted by atomic mass is 19.1. The average Bonchev–Trinajstić information content (AvgIpc) is 2.29. The summed E-state index contributed by atoms with van der Waals surface area (Å²) in [5.74, 6) is 0.117. The van der Waals surface area contributed by atoms with Gasteiger partial charge in [0.1, 0.15) is 23.2 Å². The number of aryl methyl sites for hydroxylation is 1. The fourth-order valence-corrected chi connectivity index (χ4v) is 1.34. The molecule has 0 radical (unpaired) electrons. The van der Waals surface area contributed by atoms with E-state index in [0.29, 0.717) is 11.3 Å². The molecule has 0 fully saturated rings. The maximum Gasteiger partial charge on any atom is 0.237 e. The largest absolute Gasteiger partial charge is 0.438 e. The Morgan fingerprint density at radius 2 is 2.12 bits per heavy atom. The molecule has 4 heteroatoms. The zero-order chi connectivity index (χ0) is 12.3. The van der Waals surface area contributed by atoms with E-state index in [0.717, 1.165) is 5.69 Å². The van der Waals surface area contributed by atoms with Gasteiger partial charge in [-0.25, -0.2) is 9.37 Å². The van der Waals surface area contributed by atoms with Crippen molar-refractivity contribution in [1.29, 1.82) is 5.26 Å². The summed E-state index contributed by atoms with van der Waals surface area (Å²) in [6.07, 6.45) is 0. The number of hydrogen-bond donors (Lipinski definition) is 0. The number of pyridine rings is 1. The molecule has 0 aliphatic heterocycles. The van der Waals surface area contributed by atoms with Crippen molar-refractivity contribution < 1.29 is 9.13 Å². The Bertz CT molecular complexity index is 590. The molecule has 0 aliphatic carbocycles. The minimum atomic E-state index is -0.395. The second-order valence-electron chi connectivity index (χ2n) is 3.48. The molecule has 1 heterocycles. The molecule has 84 valence electrons. The van der Waals surface area contributed by atoms with E-state index in [4.69, 9.17) is 10.00 Å². The number of aromatic nitrogens is 1. The molecule has 2 rings (SSSR count). The zero-order valence-corrected chi connectivity index (χ0v) is 9.14. The summed E-state index contributed by atoms with van der Waals surface area (Å²) in [7, 11) is 0. The normalized spacial score (nSPS) is 9.71. The average molecular weight is 228 g/mol. The van der Waals surface area contributed by atoms with Crippen LogP contribution >= 0.6 is 0 Å². The van der Waals surface area contributed by atoms with E-state index in [1.165, 1.54) is 18.2 Å². The minimum absolute atomic E-state index is 0.193. The van der Waals surface area contributed by atoms with Crippen LogP contribution in [0.4, 0.5) is 4.39 Å². The first kappa shape index (κ1) is 11.1. The highest BCUT2D eigenvalue weighted by molar-refractivity contribution is 5.41. The van der Waals surface area contributed by atoms with Crippen LogP contribution in [0.15, 0.2) is 36.4 Å². The molecule has 0 saturated carbocycles. The van der Waals surface area contributed by atoms with Crippen LogP contribution in [-0.2, 0) is 0 Å². The van der Waals surface area contributed by atoms with Crippen LogP contribution in [0.3, 0.4) is 0 Å². The molecule has 0 aliphatic rings. The van der Waals surface area contributed by atoms with Gasteiger partial charge in [-0.3, -0.25) is 0 Å². The van der Waals surface area contributed by atoms with Crippen molar-refractivity contribution in [1.82, 2.24) is 4.98 Å². The van der Waals surface area contributed by atoms with E-state index in [-0.39, 0.29) is 5.88 Å². The fraction of sp³-hybridized carbons (Fsp3) is 0.0769. The van der Waals surface area contributed by atoms with Crippen molar-refractivity contribution in [2.75, 3.05) is 0 Å². The maximum absolute atomic E-state index is 13.0. The van der Waals surface area contributed by atoms with Crippen molar-refractivity contribution in [2.24, 2.45) is 0 Å². The molecular formula is C13H9FN2O. The number of nitriles is 1. The van der Waals surface area contributed by atoms with Gasteiger partial charge in [0.05, 0.1) is 0 Å². The van der Waals surface area contributed by atoms with Crippen molar-refractivity contribution in [3.63, 3.8) is 0 Å². The van der Waals surface area contributed by atoms with Crippen LogP contribution in [0.2, 0.25) is 0 Å². The Hall–Kier alpha value is -2.41. The van der Waals surface area contributed by atoms with E-state index < -0.39 is 5.82 Å². The predicted octanol–water partition coefficient (Wildman–Crippen LogP) is 3.19. The third-order valence-corrected chi connectivity index (χ3v) is 2.13. The number of nitrogens with zero attached hydrogens (tertiary/aromatic N) is 2. The molecule has 0 saturated heterocycles. The van der Waals surface area contributed by atoms with E-state index in [1.807, 2.05) is 6.07 Å². The molecule has 0 N–H and O–H groups in total. The Balaban J connectivity index is 2.36. The summed E-state index contributed by atoms with van der Waals surface area (Å²) < 4.78 is 18.4. The summed E-state index contributed by atoms with van der Waals surface area (Å²) in [6.45, 7) is 1.79. The minimum Gasteiger partial charge on any atom is -0.438 e. The van der Waals surface area contributed by atoms with Crippen molar-refractivity contribution in [2.45, 2.75) is 6.92 Å². The summed E-state index contributed by atoms with van der Waals surface area (Å²) >= 11 is 0. The van der Waals surface area contributed by atoms with Gasteiger partial charge in [0, 0.05) is 11.8 Å². The predicted molar refractivity (Wildman–Crippen MR) is 60.2 cm³/mol. The van der Waals surface area contributed by atoms with E-state index in [9.17, 15) is 4.39 Å². The maximum atomic E-state index is 13.0. The highest BCUT2D eigenvalue weighted by Crippen LogP contribution is 2.23. The molecule has 0 unspecified atom stereocenters. The number of ether oxygens (including phenoxy) is 1.